The second-order valence-electron chi connectivity index (χ2n) is 5.33. The van der Waals surface area contributed by atoms with Gasteiger partial charge in [-0.15, -0.1) is 0 Å². The van der Waals surface area contributed by atoms with Crippen molar-refractivity contribution in [2.45, 2.75) is 57.6 Å². The van der Waals surface area contributed by atoms with Crippen molar-refractivity contribution in [1.29, 1.82) is 0 Å². The van der Waals surface area contributed by atoms with Crippen molar-refractivity contribution in [3.8, 4) is 5.75 Å². The van der Waals surface area contributed by atoms with Gasteiger partial charge in [-0.25, -0.2) is 0 Å². The Balaban J connectivity index is 2.44. The predicted molar refractivity (Wildman–Crippen MR) is 85.3 cm³/mol. The van der Waals surface area contributed by atoms with Crippen molar-refractivity contribution in [3.05, 3.63) is 29.8 Å². The van der Waals surface area contributed by atoms with Gasteiger partial charge in [0.1, 0.15) is 11.5 Å². The maximum atomic E-state index is 11.8. The summed E-state index contributed by atoms with van der Waals surface area (Å²) >= 11 is 0. The molecule has 1 N–H and O–H groups in total. The van der Waals surface area contributed by atoms with Gasteiger partial charge >= 0.3 is 5.97 Å². The number of esters is 1. The zero-order chi connectivity index (χ0) is 16.4. The maximum absolute atomic E-state index is 11.8. The lowest BCUT2D eigenvalue weighted by atomic mass is 10.1. The van der Waals surface area contributed by atoms with Gasteiger partial charge in [0.2, 0.25) is 0 Å². The van der Waals surface area contributed by atoms with Crippen LogP contribution in [0.5, 0.6) is 5.75 Å². The Morgan fingerprint density at radius 1 is 1.09 bits per heavy atom. The summed E-state index contributed by atoms with van der Waals surface area (Å²) in [5, 5.41) is 0. The van der Waals surface area contributed by atoms with Crippen LogP contribution in [0, 0.1) is 0 Å². The normalized spacial score (nSPS) is 11.4. The number of para-hydroxylation sites is 1. The zero-order valence-electron chi connectivity index (χ0n) is 13.0. The average Bonchev–Trinajstić information content (AvgIpc) is 2.43. The van der Waals surface area contributed by atoms with Crippen molar-refractivity contribution >= 4 is 16.1 Å². The summed E-state index contributed by atoms with van der Waals surface area (Å²) in [6.45, 7) is 2.15. The summed E-state index contributed by atoms with van der Waals surface area (Å²) < 4.78 is 36.0. The van der Waals surface area contributed by atoms with E-state index in [0.29, 0.717) is 6.42 Å². The van der Waals surface area contributed by atoms with Gasteiger partial charge in [-0.3, -0.25) is 9.35 Å². The summed E-state index contributed by atoms with van der Waals surface area (Å²) in [7, 11) is -4.16. The second kappa shape index (κ2) is 9.58. The average molecular weight is 328 g/mol. The molecule has 6 heteroatoms. The van der Waals surface area contributed by atoms with Crippen molar-refractivity contribution in [1.82, 2.24) is 0 Å². The SMILES string of the molecule is CCCCCCCCC(=O)Oc1ccccc1CS(=O)(=O)O. The predicted octanol–water partition coefficient (Wildman–Crippen LogP) is 3.73. The first-order chi connectivity index (χ1) is 10.4. The Kier molecular flexibility index (Phi) is 8.12. The first kappa shape index (κ1) is 18.6. The molecule has 0 radical (unpaired) electrons. The lowest BCUT2D eigenvalue weighted by Crippen LogP contribution is -2.10. The molecule has 0 saturated carbocycles. The highest BCUT2D eigenvalue weighted by atomic mass is 32.2. The minimum Gasteiger partial charge on any atom is -0.426 e. The van der Waals surface area contributed by atoms with Crippen LogP contribution in [0.2, 0.25) is 0 Å². The van der Waals surface area contributed by atoms with Gasteiger partial charge in [-0.2, -0.15) is 8.42 Å². The smallest absolute Gasteiger partial charge is 0.311 e. The number of carbonyl (C=O) groups is 1. The van der Waals surface area contributed by atoms with E-state index in [2.05, 4.69) is 6.92 Å². The molecule has 1 aromatic rings. The Morgan fingerprint density at radius 3 is 2.41 bits per heavy atom. The van der Waals surface area contributed by atoms with Crippen LogP contribution in [-0.2, 0) is 20.7 Å². The molecule has 0 amide bonds. The first-order valence-electron chi connectivity index (χ1n) is 7.66. The number of carbonyl (C=O) groups excluding carboxylic acids is 1. The van der Waals surface area contributed by atoms with Gasteiger partial charge in [0.15, 0.2) is 0 Å². The third-order valence-corrected chi connectivity index (χ3v) is 3.94. The molecule has 0 aliphatic carbocycles. The molecular weight excluding hydrogens is 304 g/mol. The van der Waals surface area contributed by atoms with Crippen LogP contribution in [0.4, 0.5) is 0 Å². The van der Waals surface area contributed by atoms with Crippen molar-refractivity contribution in [2.75, 3.05) is 0 Å². The van der Waals surface area contributed by atoms with Crippen LogP contribution < -0.4 is 4.74 Å². The molecule has 22 heavy (non-hydrogen) atoms. The van der Waals surface area contributed by atoms with Crippen LogP contribution in [0.25, 0.3) is 0 Å². The van der Waals surface area contributed by atoms with Gasteiger partial charge in [0.25, 0.3) is 10.1 Å². The summed E-state index contributed by atoms with van der Waals surface area (Å²) in [4.78, 5) is 11.8. The molecular formula is C16H24O5S. The number of hydrogen-bond donors (Lipinski definition) is 1. The van der Waals surface area contributed by atoms with Crippen LogP contribution in [0.15, 0.2) is 24.3 Å². The van der Waals surface area contributed by atoms with E-state index < -0.39 is 15.9 Å². The minimum atomic E-state index is -4.16. The molecule has 5 nitrogen and oxygen atoms in total. The topological polar surface area (TPSA) is 80.7 Å². The van der Waals surface area contributed by atoms with Gasteiger partial charge in [0, 0.05) is 12.0 Å². The molecule has 0 bridgehead atoms. The molecule has 0 unspecified atom stereocenters. The van der Waals surface area contributed by atoms with E-state index in [1.165, 1.54) is 31.4 Å². The molecule has 0 atom stereocenters. The molecule has 1 aromatic carbocycles. The van der Waals surface area contributed by atoms with Gasteiger partial charge in [0.05, 0.1) is 0 Å². The Hall–Kier alpha value is -1.40. The van der Waals surface area contributed by atoms with Crippen molar-refractivity contribution in [2.24, 2.45) is 0 Å². The highest BCUT2D eigenvalue weighted by Crippen LogP contribution is 2.21. The van der Waals surface area contributed by atoms with E-state index in [1.807, 2.05) is 0 Å². The fourth-order valence-corrected chi connectivity index (χ4v) is 2.77. The quantitative estimate of drug-likeness (QED) is 0.306. The van der Waals surface area contributed by atoms with Crippen LogP contribution in [0.1, 0.15) is 57.4 Å². The molecule has 0 spiro atoms. The molecule has 124 valence electrons. The Morgan fingerprint density at radius 2 is 1.73 bits per heavy atom. The van der Waals surface area contributed by atoms with Crippen molar-refractivity contribution in [3.63, 3.8) is 0 Å². The lowest BCUT2D eigenvalue weighted by Gasteiger charge is -2.09. The lowest BCUT2D eigenvalue weighted by molar-refractivity contribution is -0.134. The van der Waals surface area contributed by atoms with Gasteiger partial charge in [-0.1, -0.05) is 57.2 Å². The molecule has 0 fully saturated rings. The van der Waals surface area contributed by atoms with Gasteiger partial charge < -0.3 is 4.74 Å². The highest BCUT2D eigenvalue weighted by molar-refractivity contribution is 7.85. The molecule has 0 aliphatic heterocycles. The molecule has 0 aliphatic rings. The van der Waals surface area contributed by atoms with E-state index in [4.69, 9.17) is 9.29 Å². The number of hydrogen-bond acceptors (Lipinski definition) is 4. The largest absolute Gasteiger partial charge is 0.426 e. The zero-order valence-corrected chi connectivity index (χ0v) is 13.8. The second-order valence-corrected chi connectivity index (χ2v) is 6.78. The number of benzene rings is 1. The van der Waals surface area contributed by atoms with E-state index in [-0.39, 0.29) is 17.3 Å². The number of unbranched alkanes of at least 4 members (excludes halogenated alkanes) is 5. The standard InChI is InChI=1S/C16H24O5S/c1-2-3-4-5-6-7-12-16(17)21-15-11-9-8-10-14(15)13-22(18,19)20/h8-11H,2-7,12-13H2,1H3,(H,18,19,20). The highest BCUT2D eigenvalue weighted by Gasteiger charge is 2.14. The number of rotatable bonds is 10. The van der Waals surface area contributed by atoms with Crippen LogP contribution in [-0.4, -0.2) is 18.9 Å². The Labute approximate surface area is 132 Å². The fourth-order valence-electron chi connectivity index (χ4n) is 2.14. The third-order valence-electron chi connectivity index (χ3n) is 3.27. The van der Waals surface area contributed by atoms with Crippen LogP contribution in [0.3, 0.4) is 0 Å². The molecule has 0 aromatic heterocycles. The number of ether oxygens (including phenoxy) is 1. The summed E-state index contributed by atoms with van der Waals surface area (Å²) in [5.41, 5.74) is 0.279. The van der Waals surface area contributed by atoms with E-state index >= 15 is 0 Å². The van der Waals surface area contributed by atoms with E-state index in [0.717, 1.165) is 19.3 Å². The van der Waals surface area contributed by atoms with Crippen LogP contribution >= 0.6 is 0 Å². The monoisotopic (exact) mass is 328 g/mol. The van der Waals surface area contributed by atoms with E-state index in [1.54, 1.807) is 12.1 Å². The first-order valence-corrected chi connectivity index (χ1v) is 9.27. The molecule has 0 heterocycles. The van der Waals surface area contributed by atoms with Crippen molar-refractivity contribution < 1.29 is 22.5 Å². The Bertz CT molecular complexity index is 566. The fraction of sp³-hybridized carbons (Fsp3) is 0.562. The minimum absolute atomic E-state index is 0.191. The third kappa shape index (κ3) is 8.14. The molecule has 1 rings (SSSR count). The summed E-state index contributed by atoms with van der Waals surface area (Å²) in [6.07, 6.45) is 6.76. The summed E-state index contributed by atoms with van der Waals surface area (Å²) in [5.74, 6) is -0.748. The summed E-state index contributed by atoms with van der Waals surface area (Å²) in [6, 6.07) is 6.33. The maximum Gasteiger partial charge on any atom is 0.311 e. The van der Waals surface area contributed by atoms with Gasteiger partial charge in [-0.05, 0) is 12.5 Å². The molecule has 0 saturated heterocycles. The van der Waals surface area contributed by atoms with E-state index in [9.17, 15) is 13.2 Å².